The van der Waals surface area contributed by atoms with Crippen molar-refractivity contribution in [3.63, 3.8) is 0 Å². The normalized spacial score (nSPS) is 34.4. The summed E-state index contributed by atoms with van der Waals surface area (Å²) in [6.07, 6.45) is 10.6. The number of hydrogen-bond acceptors (Lipinski definition) is 4. The Hall–Kier alpha value is -1.73. The second kappa shape index (κ2) is 8.81. The lowest BCUT2D eigenvalue weighted by molar-refractivity contribution is -0.126. The molecule has 1 N–H and O–H groups in total. The molecule has 1 saturated heterocycles. The van der Waals surface area contributed by atoms with Gasteiger partial charge in [-0.3, -0.25) is 4.79 Å². The quantitative estimate of drug-likeness (QED) is 0.490. The number of hydrazone groups is 1. The number of sulfonamides is 1. The number of amides is 1. The molecule has 0 radical (unpaired) electrons. The summed E-state index contributed by atoms with van der Waals surface area (Å²) in [5.41, 5.74) is 5.21. The number of benzene rings is 1. The van der Waals surface area contributed by atoms with E-state index in [1.165, 1.54) is 42.8 Å². The van der Waals surface area contributed by atoms with Gasteiger partial charge in [0.15, 0.2) is 0 Å². The molecule has 4 bridgehead atoms. The summed E-state index contributed by atoms with van der Waals surface area (Å²) in [7, 11) is -3.59. The van der Waals surface area contributed by atoms with Gasteiger partial charge in [-0.05, 0) is 107 Å². The number of aryl methyl sites for hydroxylation is 1. The first-order valence-corrected chi connectivity index (χ1v) is 14.1. The summed E-state index contributed by atoms with van der Waals surface area (Å²) < 4.78 is 27.6. The van der Waals surface area contributed by atoms with Crippen molar-refractivity contribution in [1.29, 1.82) is 0 Å². The molecule has 1 atom stereocenters. The number of nitrogens with one attached hydrogen (secondary N) is 1. The van der Waals surface area contributed by atoms with Crippen molar-refractivity contribution in [2.24, 2.45) is 34.2 Å². The van der Waals surface area contributed by atoms with E-state index in [9.17, 15) is 13.2 Å². The van der Waals surface area contributed by atoms with Gasteiger partial charge in [-0.1, -0.05) is 17.7 Å². The van der Waals surface area contributed by atoms with Gasteiger partial charge in [0, 0.05) is 18.8 Å². The molecule has 33 heavy (non-hydrogen) atoms. The molecule has 1 aromatic rings. The van der Waals surface area contributed by atoms with Crippen molar-refractivity contribution in [3.8, 4) is 0 Å². The van der Waals surface area contributed by atoms with Gasteiger partial charge in [-0.25, -0.2) is 13.8 Å². The molecule has 0 spiro atoms. The lowest BCUT2D eigenvalue weighted by Gasteiger charge is -2.57. The zero-order valence-electron chi connectivity index (χ0n) is 19.9. The maximum atomic E-state index is 13.1. The summed E-state index contributed by atoms with van der Waals surface area (Å²) in [5.74, 6) is 2.19. The molecule has 7 heteroatoms. The van der Waals surface area contributed by atoms with Crippen molar-refractivity contribution < 1.29 is 13.2 Å². The third-order valence-corrected chi connectivity index (χ3v) is 10.4. The average molecular weight is 472 g/mol. The van der Waals surface area contributed by atoms with E-state index in [-0.39, 0.29) is 18.4 Å². The van der Waals surface area contributed by atoms with Gasteiger partial charge in [0.1, 0.15) is 0 Å². The molecule has 180 valence electrons. The molecule has 4 saturated carbocycles. The van der Waals surface area contributed by atoms with Crippen LogP contribution in [0.1, 0.15) is 70.3 Å². The Morgan fingerprint density at radius 1 is 1.09 bits per heavy atom. The highest BCUT2D eigenvalue weighted by atomic mass is 32.2. The van der Waals surface area contributed by atoms with Gasteiger partial charge in [-0.2, -0.15) is 9.41 Å². The summed E-state index contributed by atoms with van der Waals surface area (Å²) in [5, 5.41) is 4.48. The Labute approximate surface area is 198 Å². The van der Waals surface area contributed by atoms with E-state index in [1.807, 2.05) is 26.0 Å². The predicted molar refractivity (Wildman–Crippen MR) is 129 cm³/mol. The first-order chi connectivity index (χ1) is 15.7. The van der Waals surface area contributed by atoms with Crippen LogP contribution in [0.2, 0.25) is 0 Å². The summed E-state index contributed by atoms with van der Waals surface area (Å²) in [4.78, 5) is 13.2. The molecule has 1 amide bonds. The van der Waals surface area contributed by atoms with Gasteiger partial charge >= 0.3 is 0 Å². The van der Waals surface area contributed by atoms with Crippen LogP contribution in [-0.2, 0) is 14.8 Å². The van der Waals surface area contributed by atoms with Gasteiger partial charge in [0.2, 0.25) is 15.9 Å². The minimum absolute atomic E-state index is 0.163. The van der Waals surface area contributed by atoms with Gasteiger partial charge in [0.05, 0.1) is 10.8 Å². The third kappa shape index (κ3) is 4.76. The Bertz CT molecular complexity index is 996. The minimum Gasteiger partial charge on any atom is -0.273 e. The fourth-order valence-electron chi connectivity index (χ4n) is 7.56. The van der Waals surface area contributed by atoms with E-state index in [4.69, 9.17) is 0 Å². The molecular weight excluding hydrogens is 434 g/mol. The van der Waals surface area contributed by atoms with Crippen LogP contribution in [0, 0.1) is 36.0 Å². The van der Waals surface area contributed by atoms with Crippen molar-refractivity contribution in [2.75, 3.05) is 13.1 Å². The maximum Gasteiger partial charge on any atom is 0.244 e. The van der Waals surface area contributed by atoms with Crippen LogP contribution >= 0.6 is 0 Å². The number of carbonyl (C=O) groups is 1. The topological polar surface area (TPSA) is 78.8 Å². The zero-order valence-corrected chi connectivity index (χ0v) is 20.7. The van der Waals surface area contributed by atoms with Crippen LogP contribution in [0.4, 0.5) is 0 Å². The highest BCUT2D eigenvalue weighted by Gasteiger charge is 2.50. The van der Waals surface area contributed by atoms with E-state index < -0.39 is 10.0 Å². The van der Waals surface area contributed by atoms with Crippen LogP contribution in [0.15, 0.2) is 34.3 Å². The SMILES string of the molecule is C/C(CC12CC3CC(CC(C3)C1)C2)=N/NC(=O)[C@@H]1CCCN(S(=O)(=O)c2ccc(C)cc2)C1. The van der Waals surface area contributed by atoms with Crippen LogP contribution in [0.3, 0.4) is 0 Å². The smallest absolute Gasteiger partial charge is 0.244 e. The highest BCUT2D eigenvalue weighted by Crippen LogP contribution is 2.61. The molecule has 0 aromatic heterocycles. The largest absolute Gasteiger partial charge is 0.273 e. The lowest BCUT2D eigenvalue weighted by atomic mass is 9.48. The van der Waals surface area contributed by atoms with Gasteiger partial charge in [-0.15, -0.1) is 0 Å². The van der Waals surface area contributed by atoms with E-state index in [2.05, 4.69) is 10.5 Å². The first kappa shape index (κ1) is 23.0. The molecule has 5 fully saturated rings. The molecule has 1 aliphatic heterocycles. The van der Waals surface area contributed by atoms with Crippen LogP contribution in [-0.4, -0.2) is 37.4 Å². The van der Waals surface area contributed by atoms with Crippen LogP contribution in [0.5, 0.6) is 0 Å². The Kier molecular flexibility index (Phi) is 6.15. The van der Waals surface area contributed by atoms with Crippen molar-refractivity contribution in [2.45, 2.75) is 76.5 Å². The Morgan fingerprint density at radius 2 is 1.70 bits per heavy atom. The lowest BCUT2D eigenvalue weighted by Crippen LogP contribution is -2.47. The van der Waals surface area contributed by atoms with Crippen LogP contribution in [0.25, 0.3) is 0 Å². The van der Waals surface area contributed by atoms with E-state index >= 15 is 0 Å². The number of piperidine rings is 1. The Morgan fingerprint density at radius 3 is 2.30 bits per heavy atom. The summed E-state index contributed by atoms with van der Waals surface area (Å²) >= 11 is 0. The second-order valence-electron chi connectivity index (χ2n) is 11.4. The second-order valence-corrected chi connectivity index (χ2v) is 13.4. The molecule has 6 rings (SSSR count). The molecular formula is C26H37N3O3S. The van der Waals surface area contributed by atoms with Crippen molar-refractivity contribution in [3.05, 3.63) is 29.8 Å². The zero-order chi connectivity index (χ0) is 23.2. The number of rotatable bonds is 6. The fraction of sp³-hybridized carbons (Fsp3) is 0.692. The van der Waals surface area contributed by atoms with Crippen molar-refractivity contribution in [1.82, 2.24) is 9.73 Å². The molecule has 5 aliphatic rings. The predicted octanol–water partition coefficient (Wildman–Crippen LogP) is 4.49. The maximum absolute atomic E-state index is 13.1. The monoisotopic (exact) mass is 471 g/mol. The number of hydrogen-bond donors (Lipinski definition) is 1. The minimum atomic E-state index is -3.59. The third-order valence-electron chi connectivity index (χ3n) is 8.57. The molecule has 0 unspecified atom stereocenters. The molecule has 1 heterocycles. The number of nitrogens with zero attached hydrogens (tertiary/aromatic N) is 2. The van der Waals surface area contributed by atoms with E-state index in [1.54, 1.807) is 12.1 Å². The average Bonchev–Trinajstić information content (AvgIpc) is 2.76. The summed E-state index contributed by atoms with van der Waals surface area (Å²) in [6.45, 7) is 4.64. The highest BCUT2D eigenvalue weighted by molar-refractivity contribution is 7.89. The number of carbonyl (C=O) groups excluding carboxylic acids is 1. The van der Waals surface area contributed by atoms with E-state index in [0.29, 0.717) is 29.7 Å². The van der Waals surface area contributed by atoms with Gasteiger partial charge in [0.25, 0.3) is 0 Å². The van der Waals surface area contributed by atoms with Crippen molar-refractivity contribution >= 4 is 21.6 Å². The van der Waals surface area contributed by atoms with Gasteiger partial charge < -0.3 is 0 Å². The van der Waals surface area contributed by atoms with E-state index in [0.717, 1.165) is 35.4 Å². The molecule has 6 nitrogen and oxygen atoms in total. The van der Waals surface area contributed by atoms with Crippen LogP contribution < -0.4 is 5.43 Å². The summed E-state index contributed by atoms with van der Waals surface area (Å²) in [6, 6.07) is 6.91. The standard InChI is InChI=1S/C26H37N3O3S/c1-18-5-7-24(8-6-18)33(31,32)29-9-3-4-23(17-29)25(30)28-27-19(2)13-26-14-20-10-21(15-26)12-22(11-20)16-26/h5-8,20-23H,3-4,9-17H2,1-2H3,(H,28,30)/b27-19-/t20?,21?,22?,23-,26?/m1/s1. The fourth-order valence-corrected chi connectivity index (χ4v) is 9.09. The molecule has 4 aliphatic carbocycles. The Balaban J connectivity index is 1.19. The molecule has 1 aromatic carbocycles. The first-order valence-electron chi connectivity index (χ1n) is 12.6.